The van der Waals surface area contributed by atoms with Gasteiger partial charge in [-0.1, -0.05) is 13.0 Å². The van der Waals surface area contributed by atoms with Gasteiger partial charge in [0.1, 0.15) is 29.1 Å². The van der Waals surface area contributed by atoms with Gasteiger partial charge < -0.3 is 30.7 Å². The lowest BCUT2D eigenvalue weighted by Gasteiger charge is -2.40. The Balaban J connectivity index is 1.37. The van der Waals surface area contributed by atoms with E-state index in [1.54, 1.807) is 6.20 Å². The summed E-state index contributed by atoms with van der Waals surface area (Å²) in [4.78, 5) is 19.3. The third kappa shape index (κ3) is 6.51. The largest absolute Gasteiger partial charge is 0.444 e. The van der Waals surface area contributed by atoms with Crippen molar-refractivity contribution < 1.29 is 27.8 Å². The smallest absolute Gasteiger partial charge is 0.407 e. The fourth-order valence-corrected chi connectivity index (χ4v) is 5.99. The predicted molar refractivity (Wildman–Crippen MR) is 155 cm³/mol. The number of benzene rings is 1. The van der Waals surface area contributed by atoms with E-state index in [1.807, 2.05) is 20.8 Å². The lowest BCUT2D eigenvalue weighted by atomic mass is 9.94. The molecule has 5 rings (SSSR count). The number of aliphatic hydroxyl groups excluding tert-OH is 1. The summed E-state index contributed by atoms with van der Waals surface area (Å²) in [6, 6.07) is 2.00. The molecule has 3 heterocycles. The number of piperidine rings is 1. The molecule has 11 heteroatoms. The molecule has 1 aromatic carbocycles. The number of alkyl carbamates (subject to hydrolysis) is 1. The molecule has 3 aliphatic rings. The number of aromatic nitrogens is 1. The highest BCUT2D eigenvalue weighted by molar-refractivity contribution is 5.76. The van der Waals surface area contributed by atoms with Gasteiger partial charge in [0.25, 0.3) is 0 Å². The summed E-state index contributed by atoms with van der Waals surface area (Å²) in [6.45, 7) is 9.06. The Bertz CT molecular complexity index is 1390. The number of dihydropyridines is 1. The molecule has 4 atom stereocenters. The van der Waals surface area contributed by atoms with Crippen LogP contribution in [0.3, 0.4) is 0 Å². The number of anilines is 2. The van der Waals surface area contributed by atoms with Crippen molar-refractivity contribution in [2.24, 2.45) is 5.92 Å². The number of aliphatic hydroxyl groups is 1. The SMILES string of the molecule is C[C@@H]1C[C@H](NC(=O)OC(C)(C)C)CN(c2c(NCC3=CC=C(F)C(c4c(F)cccc4F)N3)cnc3c2CCC3O)C1. The number of carbonyl (C=O) groups excluding carboxylic acids is 1. The Morgan fingerprint density at radius 2 is 1.93 bits per heavy atom. The molecule has 1 fully saturated rings. The van der Waals surface area contributed by atoms with Crippen molar-refractivity contribution in [1.29, 1.82) is 0 Å². The number of allylic oxidation sites excluding steroid dienone is 2. The summed E-state index contributed by atoms with van der Waals surface area (Å²) >= 11 is 0. The molecule has 1 aliphatic carbocycles. The van der Waals surface area contributed by atoms with E-state index in [0.717, 1.165) is 36.3 Å². The Hall–Kier alpha value is -3.73. The summed E-state index contributed by atoms with van der Waals surface area (Å²) in [5.74, 6) is -2.10. The van der Waals surface area contributed by atoms with Crippen LogP contribution in [-0.2, 0) is 11.2 Å². The summed E-state index contributed by atoms with van der Waals surface area (Å²) in [5, 5.41) is 19.9. The van der Waals surface area contributed by atoms with Gasteiger partial charge in [0, 0.05) is 30.4 Å². The molecule has 0 spiro atoms. The van der Waals surface area contributed by atoms with E-state index in [0.29, 0.717) is 36.5 Å². The second-order valence-electron chi connectivity index (χ2n) is 12.3. The predicted octanol–water partition coefficient (Wildman–Crippen LogP) is 5.57. The number of amides is 1. The molecule has 0 bridgehead atoms. The first kappa shape index (κ1) is 29.8. The molecule has 226 valence electrons. The van der Waals surface area contributed by atoms with Gasteiger partial charge in [-0.05, 0) is 70.2 Å². The van der Waals surface area contributed by atoms with Gasteiger partial charge in [0.2, 0.25) is 0 Å². The minimum Gasteiger partial charge on any atom is -0.444 e. The first-order valence-corrected chi connectivity index (χ1v) is 14.3. The van der Waals surface area contributed by atoms with E-state index in [2.05, 4.69) is 32.8 Å². The van der Waals surface area contributed by atoms with Crippen molar-refractivity contribution in [1.82, 2.24) is 15.6 Å². The highest BCUT2D eigenvalue weighted by Gasteiger charge is 2.34. The Morgan fingerprint density at radius 3 is 2.64 bits per heavy atom. The number of nitrogens with zero attached hydrogens (tertiary/aromatic N) is 2. The van der Waals surface area contributed by atoms with Crippen LogP contribution in [0, 0.1) is 17.6 Å². The number of hydrogen-bond acceptors (Lipinski definition) is 7. The molecule has 8 nitrogen and oxygen atoms in total. The Morgan fingerprint density at radius 1 is 1.19 bits per heavy atom. The summed E-state index contributed by atoms with van der Waals surface area (Å²) in [5.41, 5.74) is 2.73. The van der Waals surface area contributed by atoms with Crippen LogP contribution < -0.4 is 20.9 Å². The normalized spacial score (nSPS) is 23.9. The van der Waals surface area contributed by atoms with Crippen LogP contribution in [0.25, 0.3) is 0 Å². The fourth-order valence-electron chi connectivity index (χ4n) is 5.99. The van der Waals surface area contributed by atoms with Crippen molar-refractivity contribution in [3.8, 4) is 0 Å². The van der Waals surface area contributed by atoms with Crippen LogP contribution in [0.15, 0.2) is 48.1 Å². The zero-order chi connectivity index (χ0) is 30.2. The zero-order valence-corrected chi connectivity index (χ0v) is 24.3. The number of pyridine rings is 1. The monoisotopic (exact) mass is 585 g/mol. The Kier molecular flexibility index (Phi) is 8.41. The lowest BCUT2D eigenvalue weighted by Crippen LogP contribution is -2.51. The molecule has 2 aromatic rings. The average Bonchev–Trinajstić information content (AvgIpc) is 3.27. The van der Waals surface area contributed by atoms with Gasteiger partial charge in [-0.2, -0.15) is 0 Å². The zero-order valence-electron chi connectivity index (χ0n) is 24.3. The van der Waals surface area contributed by atoms with Gasteiger partial charge >= 0.3 is 6.09 Å². The maximum atomic E-state index is 14.7. The molecule has 1 amide bonds. The number of hydrogen-bond donors (Lipinski definition) is 4. The second-order valence-corrected chi connectivity index (χ2v) is 12.3. The second kappa shape index (κ2) is 11.9. The molecular weight excluding hydrogens is 547 g/mol. The maximum absolute atomic E-state index is 14.7. The average molecular weight is 586 g/mol. The van der Waals surface area contributed by atoms with Crippen LogP contribution in [0.1, 0.15) is 69.5 Å². The number of nitrogens with one attached hydrogen (secondary N) is 3. The van der Waals surface area contributed by atoms with Gasteiger partial charge in [-0.3, -0.25) is 4.98 Å². The number of ether oxygens (including phenoxy) is 1. The van der Waals surface area contributed by atoms with Gasteiger partial charge in [0.05, 0.1) is 41.5 Å². The molecule has 1 aromatic heterocycles. The van der Waals surface area contributed by atoms with Gasteiger partial charge in [-0.15, -0.1) is 0 Å². The molecule has 42 heavy (non-hydrogen) atoms. The van der Waals surface area contributed by atoms with E-state index < -0.39 is 41.3 Å². The van der Waals surface area contributed by atoms with E-state index in [9.17, 15) is 23.1 Å². The molecular formula is C31H38F3N5O3. The van der Waals surface area contributed by atoms with Gasteiger partial charge in [-0.25, -0.2) is 18.0 Å². The molecule has 2 unspecified atom stereocenters. The highest BCUT2D eigenvalue weighted by Crippen LogP contribution is 2.42. The van der Waals surface area contributed by atoms with Crippen LogP contribution in [0.4, 0.5) is 29.3 Å². The topological polar surface area (TPSA) is 98.8 Å². The Labute approximate surface area is 244 Å². The molecule has 1 saturated heterocycles. The minimum atomic E-state index is -1.29. The van der Waals surface area contributed by atoms with Crippen LogP contribution in [0.2, 0.25) is 0 Å². The standard InChI is InChI=1S/C31H38F3N5O3/c1-17-12-19(38-30(41)42-31(2,3)4)16-39(15-17)29-20-9-11-25(40)27(20)36-14-24(29)35-13-18-8-10-23(34)28(37-18)26-21(32)6-5-7-22(26)33/h5-8,10,14,17,19,25,28,35,37,40H,9,11-13,15-16H2,1-4H3,(H,38,41)/t17-,19+,25?,28?/m1/s1. The van der Waals surface area contributed by atoms with E-state index in [-0.39, 0.29) is 24.1 Å². The molecule has 4 N–H and O–H groups in total. The van der Waals surface area contributed by atoms with Crippen LogP contribution in [0.5, 0.6) is 0 Å². The lowest BCUT2D eigenvalue weighted by molar-refractivity contribution is 0.0495. The van der Waals surface area contributed by atoms with Crippen molar-refractivity contribution in [3.63, 3.8) is 0 Å². The first-order valence-electron chi connectivity index (χ1n) is 14.3. The van der Waals surface area contributed by atoms with Crippen LogP contribution >= 0.6 is 0 Å². The molecule has 0 radical (unpaired) electrons. The van der Waals surface area contributed by atoms with E-state index >= 15 is 0 Å². The van der Waals surface area contributed by atoms with E-state index in [4.69, 9.17) is 4.74 Å². The summed E-state index contributed by atoms with van der Waals surface area (Å²) in [6.07, 6.45) is 5.29. The number of carbonyl (C=O) groups is 1. The van der Waals surface area contributed by atoms with Crippen molar-refractivity contribution in [2.75, 3.05) is 29.9 Å². The third-order valence-electron chi connectivity index (χ3n) is 7.67. The highest BCUT2D eigenvalue weighted by atomic mass is 19.1. The maximum Gasteiger partial charge on any atom is 0.407 e. The van der Waals surface area contributed by atoms with Gasteiger partial charge in [0.15, 0.2) is 0 Å². The van der Waals surface area contributed by atoms with Crippen molar-refractivity contribution >= 4 is 17.5 Å². The van der Waals surface area contributed by atoms with E-state index in [1.165, 1.54) is 18.2 Å². The third-order valence-corrected chi connectivity index (χ3v) is 7.67. The number of halogens is 3. The number of rotatable bonds is 6. The van der Waals surface area contributed by atoms with Crippen molar-refractivity contribution in [2.45, 2.75) is 70.7 Å². The molecule has 2 aliphatic heterocycles. The fraction of sp³-hybridized carbons (Fsp3) is 0.484. The first-order chi connectivity index (χ1) is 19.9. The number of fused-ring (bicyclic) bond motifs is 1. The van der Waals surface area contributed by atoms with Crippen molar-refractivity contribution in [3.05, 3.63) is 76.5 Å². The quantitative estimate of drug-likeness (QED) is 0.352. The summed E-state index contributed by atoms with van der Waals surface area (Å²) in [7, 11) is 0. The van der Waals surface area contributed by atoms with Crippen LogP contribution in [-0.4, -0.2) is 47.5 Å². The minimum absolute atomic E-state index is 0.154. The molecule has 0 saturated carbocycles. The summed E-state index contributed by atoms with van der Waals surface area (Å²) < 4.78 is 49.1.